The Hall–Kier alpha value is -0.0100. The van der Waals surface area contributed by atoms with Crippen molar-refractivity contribution < 1.29 is 9.63 Å². The Morgan fingerprint density at radius 3 is 1.62 bits per heavy atom. The van der Waals surface area contributed by atoms with E-state index in [1.807, 2.05) is 19.1 Å². The molecule has 0 fully saturated rings. The van der Waals surface area contributed by atoms with Gasteiger partial charge in [-0.15, -0.1) is 0 Å². The van der Waals surface area contributed by atoms with Crippen molar-refractivity contribution in [3.05, 3.63) is 23.3 Å². The maximum absolute atomic E-state index is 10.4. The molecule has 0 radical (unpaired) electrons. The van der Waals surface area contributed by atoms with Crippen molar-refractivity contribution in [3.63, 3.8) is 0 Å². The Morgan fingerprint density at radius 2 is 1.38 bits per heavy atom. The Labute approximate surface area is 138 Å². The van der Waals surface area contributed by atoms with Gasteiger partial charge < -0.3 is 4.74 Å². The molecule has 1 aromatic rings. The lowest BCUT2D eigenvalue weighted by Gasteiger charge is -2.29. The third kappa shape index (κ3) is 4.73. The van der Waals surface area contributed by atoms with Gasteiger partial charge in [-0.2, -0.15) is 0 Å². The highest BCUT2D eigenvalue weighted by molar-refractivity contribution is 8.18. The molecule has 5 heteroatoms. The average molecular weight is 352 g/mol. The molecule has 0 unspecified atom stereocenters. The Bertz CT molecular complexity index is 473. The number of hydrogen-bond donors (Lipinski definition) is 1. The van der Waals surface area contributed by atoms with Crippen LogP contribution in [0.3, 0.4) is 0 Å². The lowest BCUT2D eigenvalue weighted by atomic mass is 9.80. The zero-order chi connectivity index (χ0) is 16.6. The molecule has 0 aliphatic heterocycles. The molecule has 0 bridgehead atoms. The smallest absolute Gasteiger partial charge is 0.369 e. The van der Waals surface area contributed by atoms with Crippen LogP contribution in [0.4, 0.5) is 0 Å². The van der Waals surface area contributed by atoms with E-state index in [9.17, 15) is 4.89 Å². The molecule has 2 nitrogen and oxygen atoms in total. The van der Waals surface area contributed by atoms with E-state index in [0.29, 0.717) is 11.9 Å². The first kappa shape index (κ1) is 19.0. The lowest BCUT2D eigenvalue weighted by Crippen LogP contribution is -2.30. The van der Waals surface area contributed by atoms with E-state index in [4.69, 9.17) is 27.2 Å². The highest BCUT2D eigenvalue weighted by atomic mass is 35.9. The molecule has 0 aromatic heterocycles. The molecule has 0 amide bonds. The zero-order valence-electron chi connectivity index (χ0n) is 13.9. The molecule has 0 heterocycles. The first-order chi connectivity index (χ1) is 9.28. The third-order valence-electron chi connectivity index (χ3n) is 3.28. The van der Waals surface area contributed by atoms with Gasteiger partial charge in [-0.05, 0) is 29.9 Å². The van der Waals surface area contributed by atoms with E-state index >= 15 is 0 Å². The van der Waals surface area contributed by atoms with Gasteiger partial charge in [0.15, 0.2) is 5.30 Å². The van der Waals surface area contributed by atoms with Gasteiger partial charge in [-0.3, -0.25) is 0 Å². The molecule has 0 spiro atoms. The van der Waals surface area contributed by atoms with Crippen LogP contribution in [0.15, 0.2) is 12.1 Å². The summed E-state index contributed by atoms with van der Waals surface area (Å²) in [5.41, 5.74) is 1.50. The number of benzene rings is 1. The summed E-state index contributed by atoms with van der Waals surface area (Å²) in [5, 5.41) is 0.675. The summed E-state index contributed by atoms with van der Waals surface area (Å²) in [6.07, 6.45) is -3.19. The highest BCUT2D eigenvalue weighted by Crippen LogP contribution is 2.66. The number of hydrogen-bond acceptors (Lipinski definition) is 2. The van der Waals surface area contributed by atoms with Gasteiger partial charge >= 0.3 is 6.19 Å². The fourth-order valence-corrected chi connectivity index (χ4v) is 4.76. The SMILES string of the molecule is CCOc1cc(C(C)(C)C)c([P+](O)(Cl)Cl)c(C(C)(C)C)c1. The molecule has 0 saturated carbocycles. The first-order valence-electron chi connectivity index (χ1n) is 7.12. The van der Waals surface area contributed by atoms with Crippen LogP contribution in [-0.2, 0) is 10.8 Å². The van der Waals surface area contributed by atoms with E-state index in [1.165, 1.54) is 0 Å². The molecule has 0 atom stereocenters. The van der Waals surface area contributed by atoms with Crippen LogP contribution in [0.1, 0.15) is 59.6 Å². The van der Waals surface area contributed by atoms with Crippen LogP contribution in [-0.4, -0.2) is 11.5 Å². The van der Waals surface area contributed by atoms with E-state index in [0.717, 1.165) is 16.9 Å². The molecule has 0 aliphatic rings. The van der Waals surface area contributed by atoms with E-state index < -0.39 is 6.19 Å². The van der Waals surface area contributed by atoms with E-state index in [2.05, 4.69) is 41.5 Å². The predicted molar refractivity (Wildman–Crippen MR) is 95.5 cm³/mol. The van der Waals surface area contributed by atoms with Gasteiger partial charge in [-0.1, -0.05) is 41.5 Å². The fourth-order valence-electron chi connectivity index (χ4n) is 2.29. The van der Waals surface area contributed by atoms with Crippen LogP contribution in [0.25, 0.3) is 0 Å². The molecule has 1 N–H and O–H groups in total. The molecule has 21 heavy (non-hydrogen) atoms. The van der Waals surface area contributed by atoms with E-state index in [-0.39, 0.29) is 10.8 Å². The first-order valence-corrected chi connectivity index (χ1v) is 10.7. The third-order valence-corrected chi connectivity index (χ3v) is 5.31. The summed E-state index contributed by atoms with van der Waals surface area (Å²) >= 11 is 12.4. The second kappa shape index (κ2) is 6.24. The predicted octanol–water partition coefficient (Wildman–Crippen LogP) is 5.54. The standard InChI is InChI=1S/C16H26Cl2O2P/c1-8-20-11-9-12(15(2,3)4)14(21(17,18)19)13(10-11)16(5,6)7/h9-10,19H,8H2,1-7H3/q+1. The topological polar surface area (TPSA) is 29.5 Å². The normalized spacial score (nSPS) is 13.4. The van der Waals surface area contributed by atoms with Gasteiger partial charge in [0, 0.05) is 11.1 Å². The minimum Gasteiger partial charge on any atom is -0.494 e. The summed E-state index contributed by atoms with van der Waals surface area (Å²) in [5.74, 6) is 0.790. The summed E-state index contributed by atoms with van der Waals surface area (Å²) in [6.45, 7) is 15.0. The van der Waals surface area contributed by atoms with Crippen molar-refractivity contribution in [3.8, 4) is 5.75 Å². The van der Waals surface area contributed by atoms with Crippen molar-refractivity contribution in [1.29, 1.82) is 0 Å². The second-order valence-corrected chi connectivity index (χ2v) is 12.2. The average Bonchev–Trinajstić information content (AvgIpc) is 2.24. The van der Waals surface area contributed by atoms with Gasteiger partial charge in [0.05, 0.1) is 6.61 Å². The molecule has 0 saturated heterocycles. The number of ether oxygens (including phenoxy) is 1. The van der Waals surface area contributed by atoms with Gasteiger partial charge in [0.1, 0.15) is 28.2 Å². The molecular weight excluding hydrogens is 326 g/mol. The Morgan fingerprint density at radius 1 is 1.00 bits per heavy atom. The minimum absolute atomic E-state index is 0.194. The molecule has 1 aromatic carbocycles. The fraction of sp³-hybridized carbons (Fsp3) is 0.625. The number of halogens is 2. The highest BCUT2D eigenvalue weighted by Gasteiger charge is 2.45. The summed E-state index contributed by atoms with van der Waals surface area (Å²) in [7, 11) is 0. The van der Waals surface area contributed by atoms with Crippen molar-refractivity contribution >= 4 is 34.0 Å². The second-order valence-electron chi connectivity index (χ2n) is 7.28. The lowest BCUT2D eigenvalue weighted by molar-refractivity contribution is 0.338. The van der Waals surface area contributed by atoms with Gasteiger partial charge in [0.2, 0.25) is 0 Å². The van der Waals surface area contributed by atoms with Crippen LogP contribution in [0.2, 0.25) is 0 Å². The van der Waals surface area contributed by atoms with Crippen LogP contribution in [0, 0.1) is 0 Å². The molecule has 1 rings (SSSR count). The zero-order valence-corrected chi connectivity index (χ0v) is 16.3. The van der Waals surface area contributed by atoms with Crippen LogP contribution < -0.4 is 10.0 Å². The van der Waals surface area contributed by atoms with E-state index in [1.54, 1.807) is 0 Å². The molecular formula is C16H26Cl2O2P+. The maximum Gasteiger partial charge on any atom is 0.369 e. The Balaban J connectivity index is 3.79. The maximum atomic E-state index is 10.4. The van der Waals surface area contributed by atoms with Gasteiger partial charge in [-0.25, -0.2) is 4.89 Å². The largest absolute Gasteiger partial charge is 0.494 e. The summed E-state index contributed by atoms with van der Waals surface area (Å²) in [6, 6.07) is 3.90. The molecule has 0 aliphatic carbocycles. The molecule has 120 valence electrons. The van der Waals surface area contributed by atoms with Crippen LogP contribution >= 0.6 is 28.7 Å². The van der Waals surface area contributed by atoms with Crippen molar-refractivity contribution in [1.82, 2.24) is 0 Å². The number of rotatable bonds is 3. The van der Waals surface area contributed by atoms with Crippen LogP contribution in [0.5, 0.6) is 5.75 Å². The van der Waals surface area contributed by atoms with Gasteiger partial charge in [0.25, 0.3) is 0 Å². The van der Waals surface area contributed by atoms with Crippen molar-refractivity contribution in [2.24, 2.45) is 0 Å². The minimum atomic E-state index is -3.19. The quantitative estimate of drug-likeness (QED) is 0.724. The summed E-state index contributed by atoms with van der Waals surface area (Å²) < 4.78 is 5.69. The van der Waals surface area contributed by atoms with Crippen molar-refractivity contribution in [2.45, 2.75) is 59.3 Å². The summed E-state index contributed by atoms with van der Waals surface area (Å²) in [4.78, 5) is 10.4. The van der Waals surface area contributed by atoms with Crippen molar-refractivity contribution in [2.75, 3.05) is 6.61 Å². The Kier molecular flexibility index (Phi) is 5.66. The monoisotopic (exact) mass is 351 g/mol.